The second-order valence-corrected chi connectivity index (χ2v) is 5.20. The van der Waals surface area contributed by atoms with Crippen molar-refractivity contribution in [3.63, 3.8) is 0 Å². The molecule has 0 aliphatic heterocycles. The molecule has 0 fully saturated rings. The molecule has 1 aromatic carbocycles. The highest BCUT2D eigenvalue weighted by molar-refractivity contribution is 5.62. The molecule has 0 amide bonds. The van der Waals surface area contributed by atoms with Crippen LogP contribution in [-0.2, 0) is 12.7 Å². The number of pyridine rings is 2. The molecule has 0 saturated heterocycles. The minimum absolute atomic E-state index is 0.196. The van der Waals surface area contributed by atoms with Crippen molar-refractivity contribution in [3.05, 3.63) is 78.2 Å². The van der Waals surface area contributed by atoms with Gasteiger partial charge < -0.3 is 5.32 Å². The molecule has 0 saturated carbocycles. The Hall–Kier alpha value is -2.89. The van der Waals surface area contributed by atoms with E-state index in [9.17, 15) is 13.2 Å². The van der Waals surface area contributed by atoms with Crippen LogP contribution in [0.25, 0.3) is 11.1 Å². The van der Waals surface area contributed by atoms with Crippen LogP contribution >= 0.6 is 0 Å². The zero-order valence-corrected chi connectivity index (χ0v) is 12.6. The van der Waals surface area contributed by atoms with Crippen LogP contribution in [0.5, 0.6) is 0 Å². The van der Waals surface area contributed by atoms with Gasteiger partial charge in [0, 0.05) is 18.9 Å². The third kappa shape index (κ3) is 3.90. The van der Waals surface area contributed by atoms with Crippen LogP contribution in [-0.4, -0.2) is 9.97 Å². The first-order valence-corrected chi connectivity index (χ1v) is 7.30. The number of hydrogen-bond donors (Lipinski definition) is 1. The van der Waals surface area contributed by atoms with Gasteiger partial charge in [0.1, 0.15) is 11.5 Å². The second-order valence-electron chi connectivity index (χ2n) is 5.20. The topological polar surface area (TPSA) is 37.8 Å². The van der Waals surface area contributed by atoms with E-state index in [-0.39, 0.29) is 5.82 Å². The predicted octanol–water partition coefficient (Wildman–Crippen LogP) is 4.77. The maximum atomic E-state index is 12.6. The fraction of sp³-hybridized carbons (Fsp3) is 0.111. The van der Waals surface area contributed by atoms with Crippen molar-refractivity contribution in [1.82, 2.24) is 9.97 Å². The van der Waals surface area contributed by atoms with E-state index in [1.807, 2.05) is 36.4 Å². The van der Waals surface area contributed by atoms with E-state index in [4.69, 9.17) is 0 Å². The van der Waals surface area contributed by atoms with E-state index in [1.165, 1.54) is 12.1 Å². The van der Waals surface area contributed by atoms with Crippen LogP contribution in [0, 0.1) is 0 Å². The molecule has 0 aliphatic rings. The van der Waals surface area contributed by atoms with Crippen molar-refractivity contribution in [2.75, 3.05) is 5.32 Å². The summed E-state index contributed by atoms with van der Waals surface area (Å²) in [7, 11) is 0. The summed E-state index contributed by atoms with van der Waals surface area (Å²) in [6.07, 6.45) is -0.952. The van der Waals surface area contributed by atoms with Gasteiger partial charge in [-0.25, -0.2) is 4.98 Å². The highest BCUT2D eigenvalue weighted by Gasteiger charge is 2.32. The lowest BCUT2D eigenvalue weighted by atomic mass is 10.1. The van der Waals surface area contributed by atoms with Crippen LogP contribution < -0.4 is 5.32 Å². The fourth-order valence-corrected chi connectivity index (χ4v) is 2.23. The second kappa shape index (κ2) is 6.70. The Bertz CT molecular complexity index is 800. The number of benzene rings is 1. The van der Waals surface area contributed by atoms with Gasteiger partial charge in [-0.15, -0.1) is 0 Å². The average molecular weight is 329 g/mol. The highest BCUT2D eigenvalue weighted by Crippen LogP contribution is 2.28. The molecular weight excluding hydrogens is 315 g/mol. The van der Waals surface area contributed by atoms with Crippen molar-refractivity contribution in [1.29, 1.82) is 0 Å². The van der Waals surface area contributed by atoms with Gasteiger partial charge in [0.05, 0.1) is 0 Å². The van der Waals surface area contributed by atoms with Gasteiger partial charge in [0.15, 0.2) is 0 Å². The molecule has 0 spiro atoms. The van der Waals surface area contributed by atoms with Gasteiger partial charge in [-0.1, -0.05) is 36.4 Å². The van der Waals surface area contributed by atoms with Gasteiger partial charge in [0.2, 0.25) is 0 Å². The summed E-state index contributed by atoms with van der Waals surface area (Å²) in [4.78, 5) is 7.65. The normalized spacial score (nSPS) is 11.3. The number of alkyl halides is 3. The van der Waals surface area contributed by atoms with Crippen LogP contribution in [0.1, 0.15) is 11.3 Å². The predicted molar refractivity (Wildman–Crippen MR) is 86.2 cm³/mol. The number of rotatable bonds is 4. The molecule has 3 rings (SSSR count). The number of nitrogens with zero attached hydrogens (tertiary/aromatic N) is 2. The third-order valence-electron chi connectivity index (χ3n) is 3.46. The lowest BCUT2D eigenvalue weighted by molar-refractivity contribution is -0.141. The average Bonchev–Trinajstić information content (AvgIpc) is 2.61. The maximum Gasteiger partial charge on any atom is 0.433 e. The van der Waals surface area contributed by atoms with Crippen LogP contribution in [0.15, 0.2) is 67.0 Å². The van der Waals surface area contributed by atoms with E-state index in [0.717, 1.165) is 22.8 Å². The van der Waals surface area contributed by atoms with Gasteiger partial charge in [-0.3, -0.25) is 4.98 Å². The molecule has 24 heavy (non-hydrogen) atoms. The molecule has 2 aromatic heterocycles. The number of anilines is 1. The smallest absolute Gasteiger partial charge is 0.366 e. The summed E-state index contributed by atoms with van der Waals surface area (Å²) >= 11 is 0. The monoisotopic (exact) mass is 329 g/mol. The molecule has 122 valence electrons. The standard InChI is InChI=1S/C18H14F3N3/c19-18(20,21)16-4-1-5-17(24-16)23-11-13-6-8-14(9-7-13)15-3-2-10-22-12-15/h1-10,12H,11H2,(H,23,24). The molecule has 6 heteroatoms. The Morgan fingerprint density at radius 1 is 0.875 bits per heavy atom. The Morgan fingerprint density at radius 3 is 2.33 bits per heavy atom. The maximum absolute atomic E-state index is 12.6. The van der Waals surface area contributed by atoms with Crippen molar-refractivity contribution < 1.29 is 13.2 Å². The lowest BCUT2D eigenvalue weighted by Crippen LogP contribution is -2.10. The van der Waals surface area contributed by atoms with E-state index in [2.05, 4.69) is 15.3 Å². The minimum Gasteiger partial charge on any atom is -0.366 e. The SMILES string of the molecule is FC(F)(F)c1cccc(NCc2ccc(-c3cccnc3)cc2)n1. The summed E-state index contributed by atoms with van der Waals surface area (Å²) in [6, 6.07) is 15.4. The van der Waals surface area contributed by atoms with Crippen molar-refractivity contribution in [2.45, 2.75) is 12.7 Å². The first-order valence-electron chi connectivity index (χ1n) is 7.30. The number of halogens is 3. The number of hydrogen-bond acceptors (Lipinski definition) is 3. The van der Waals surface area contributed by atoms with Crippen molar-refractivity contribution >= 4 is 5.82 Å². The molecule has 0 aliphatic carbocycles. The molecule has 0 bridgehead atoms. The van der Waals surface area contributed by atoms with E-state index >= 15 is 0 Å². The first kappa shape index (κ1) is 16.0. The number of nitrogens with one attached hydrogen (secondary N) is 1. The third-order valence-corrected chi connectivity index (χ3v) is 3.46. The van der Waals surface area contributed by atoms with Crippen molar-refractivity contribution in [2.24, 2.45) is 0 Å². The highest BCUT2D eigenvalue weighted by atomic mass is 19.4. The summed E-state index contributed by atoms with van der Waals surface area (Å²) in [5.74, 6) is 0.196. The van der Waals surface area contributed by atoms with Gasteiger partial charge >= 0.3 is 6.18 Å². The quantitative estimate of drug-likeness (QED) is 0.749. The summed E-state index contributed by atoms with van der Waals surface area (Å²) in [5.41, 5.74) is 2.09. The lowest BCUT2D eigenvalue weighted by Gasteiger charge is -2.10. The van der Waals surface area contributed by atoms with Gasteiger partial charge in [-0.2, -0.15) is 13.2 Å². The molecule has 0 unspecified atom stereocenters. The summed E-state index contributed by atoms with van der Waals surface area (Å²) < 4.78 is 37.9. The molecular formula is C18H14F3N3. The summed E-state index contributed by atoms with van der Waals surface area (Å²) in [6.45, 7) is 0.391. The Morgan fingerprint density at radius 2 is 1.67 bits per heavy atom. The molecule has 3 nitrogen and oxygen atoms in total. The fourth-order valence-electron chi connectivity index (χ4n) is 2.23. The minimum atomic E-state index is -4.44. The van der Waals surface area contributed by atoms with E-state index in [0.29, 0.717) is 6.54 Å². The zero-order chi connectivity index (χ0) is 17.0. The van der Waals surface area contributed by atoms with Gasteiger partial charge in [-0.05, 0) is 34.9 Å². The Balaban J connectivity index is 1.67. The zero-order valence-electron chi connectivity index (χ0n) is 12.6. The van der Waals surface area contributed by atoms with Crippen LogP contribution in [0.2, 0.25) is 0 Å². The van der Waals surface area contributed by atoms with Crippen molar-refractivity contribution in [3.8, 4) is 11.1 Å². The Kier molecular flexibility index (Phi) is 4.46. The largest absolute Gasteiger partial charge is 0.433 e. The van der Waals surface area contributed by atoms with E-state index < -0.39 is 11.9 Å². The molecule has 3 aromatic rings. The molecule has 2 heterocycles. The Labute approximate surface area is 137 Å². The summed E-state index contributed by atoms with van der Waals surface area (Å²) in [5, 5.41) is 2.91. The molecule has 0 radical (unpaired) electrons. The number of aromatic nitrogens is 2. The van der Waals surface area contributed by atoms with Crippen LogP contribution in [0.3, 0.4) is 0 Å². The molecule has 0 atom stereocenters. The van der Waals surface area contributed by atoms with Gasteiger partial charge in [0.25, 0.3) is 0 Å². The van der Waals surface area contributed by atoms with Crippen LogP contribution in [0.4, 0.5) is 19.0 Å². The van der Waals surface area contributed by atoms with E-state index in [1.54, 1.807) is 12.4 Å². The first-order chi connectivity index (χ1) is 11.5. The molecule has 1 N–H and O–H groups in total.